The Morgan fingerprint density at radius 3 is 1.26 bits per heavy atom. The Balaban J connectivity index is 0.000000352. The summed E-state index contributed by atoms with van der Waals surface area (Å²) in [7, 11) is 0. The lowest BCUT2D eigenvalue weighted by Gasteiger charge is -2.40. The highest BCUT2D eigenvalue weighted by Gasteiger charge is 2.67. The molecule has 12 atom stereocenters. The van der Waals surface area contributed by atoms with E-state index in [1.165, 1.54) is 6.40 Å². The van der Waals surface area contributed by atoms with E-state index < -0.39 is 83.6 Å². The highest BCUT2D eigenvalue weighted by molar-refractivity contribution is 5.69. The number of aliphatic carboxylic acids is 1. The largest absolute Gasteiger partial charge is 0.481 e. The number of carboxylic acids is 1. The summed E-state index contributed by atoms with van der Waals surface area (Å²) in [5, 5.41) is 63.1. The lowest BCUT2D eigenvalue weighted by Crippen LogP contribution is -2.62. The molecule has 7 rings (SSSR count). The fraction of sp³-hybridized carbons (Fsp3) is 0.667. The van der Waals surface area contributed by atoms with Crippen LogP contribution in [0.4, 0.5) is 0 Å². The molecule has 7 saturated heterocycles. The molecule has 0 aromatic heterocycles. The maximum atomic E-state index is 12.4. The first kappa shape index (κ1) is 80.7. The number of carbonyl (C=O) groups excluding carboxylic acids is 1. The van der Waals surface area contributed by atoms with Gasteiger partial charge in [0.1, 0.15) is 69.5 Å². The number of aliphatic hydroxyl groups excluding tert-OH is 5. The summed E-state index contributed by atoms with van der Waals surface area (Å²) in [6, 6.07) is 0. The first-order valence-corrected chi connectivity index (χ1v) is 32.7. The molecule has 0 aromatic carbocycles. The number of carboxylic acid groups (broad SMARTS) is 1. The van der Waals surface area contributed by atoms with Gasteiger partial charge in [0.2, 0.25) is 17.4 Å². The average molecular weight is 1310 g/mol. The Morgan fingerprint density at radius 2 is 0.871 bits per heavy atom. The minimum absolute atomic E-state index is 0.0470. The number of unbranched alkanes of at least 4 members (excludes halogenated alkanes) is 2. The molecule has 0 spiro atoms. The van der Waals surface area contributed by atoms with E-state index in [9.17, 15) is 19.8 Å². The van der Waals surface area contributed by atoms with Crippen LogP contribution in [0.2, 0.25) is 0 Å². The van der Waals surface area contributed by atoms with Gasteiger partial charge in [0.05, 0.1) is 26.4 Å². The van der Waals surface area contributed by atoms with Crippen molar-refractivity contribution in [1.29, 1.82) is 0 Å². The molecule has 21 nitrogen and oxygen atoms in total. The van der Waals surface area contributed by atoms with Crippen molar-refractivity contribution in [3.05, 3.63) is 122 Å². The molecule has 0 aliphatic carbocycles. The molecule has 7 N–H and O–H groups in total. The van der Waals surface area contributed by atoms with Gasteiger partial charge in [-0.15, -0.1) is 12.8 Å². The number of carbonyl (C=O) groups is 2. The van der Waals surface area contributed by atoms with Crippen molar-refractivity contribution in [1.82, 2.24) is 0 Å². The van der Waals surface area contributed by atoms with Gasteiger partial charge < -0.3 is 92.6 Å². The number of terminal acetylenes is 1. The third-order valence-electron chi connectivity index (χ3n) is 14.9. The minimum Gasteiger partial charge on any atom is -0.481 e. The number of esters is 1. The maximum absolute atomic E-state index is 12.4. The standard InChI is InChI=1S/C32H48O7.C20H30O2.C12H20O6.C6H12O6.C2H2/c1-6-7-8-9-10-11-12-13-14-15-16-17-18-19-20-21-22-23-27(33)34-25-32-29(38-31(4,5)39-32)28-26(24-35-32)36-30(2,3)37-28;1-2-3-4-5-6-7-8-9-10-11-12-13-14-15-16-17-18-19-20(21)22;1-10(2)15-7-5-14-12(6-13)9(8(7)16-10)17-11(3,4)18-12;7-2-6(11)5(10)4(9)3(8)1-12-6;1-2/h7-8,10-11,13-14,16-17,19-20,26,28-29H,6,9,12,15,18,21-25H2,1-5H3;3-4,6-7,9-10,12-13,15-16H,2,5,8,11,14,17-19H2,1H3,(H,21,22);7-9,13H,5-6H2,1-4H3;3-5,7-11H,1-2H2;1-2H/b8-7-,11-10-,14-13-,17-16-,20-19-;4-3-,7-6-,10-9-,13-12-,16-15-;;;/t26-,28-,29+,32+;;7-,8-,9+,12+;3-,4-,5+,6-;/m1.11./s1/i;;;;1D. The van der Waals surface area contributed by atoms with Crippen LogP contribution in [0.3, 0.4) is 0 Å². The third-order valence-corrected chi connectivity index (χ3v) is 14.9. The second-order valence-electron chi connectivity index (χ2n) is 24.8. The molecule has 0 saturated carbocycles. The van der Waals surface area contributed by atoms with Crippen molar-refractivity contribution in [2.45, 2.75) is 267 Å². The monoisotopic (exact) mass is 1310 g/mol. The summed E-state index contributed by atoms with van der Waals surface area (Å²) < 4.78 is 75.1. The number of fused-ring (bicyclic) bond motifs is 6. The van der Waals surface area contributed by atoms with Gasteiger partial charge in [0.15, 0.2) is 23.1 Å². The zero-order valence-electron chi connectivity index (χ0n) is 57.7. The second-order valence-corrected chi connectivity index (χ2v) is 24.8. The molecule has 7 aliphatic heterocycles. The van der Waals surface area contributed by atoms with Crippen LogP contribution in [0.1, 0.15) is 173 Å². The zero-order chi connectivity index (χ0) is 69.7. The summed E-state index contributed by atoms with van der Waals surface area (Å²) >= 11 is 0. The molecule has 7 heterocycles. The average Bonchev–Trinajstić information content (AvgIpc) is 1.58. The number of hydrogen-bond donors (Lipinski definition) is 7. The molecule has 0 aromatic rings. The molecule has 7 fully saturated rings. The van der Waals surface area contributed by atoms with Crippen molar-refractivity contribution in [2.24, 2.45) is 0 Å². The van der Waals surface area contributed by atoms with E-state index in [1.54, 1.807) is 13.8 Å². The smallest absolute Gasteiger partial charge is 0.305 e. The van der Waals surface area contributed by atoms with E-state index >= 15 is 0 Å². The van der Waals surface area contributed by atoms with E-state index in [0.29, 0.717) is 13.0 Å². The minimum atomic E-state index is -2.17. The maximum Gasteiger partial charge on any atom is 0.305 e. The van der Waals surface area contributed by atoms with Crippen molar-refractivity contribution >= 4 is 11.9 Å². The first-order valence-electron chi connectivity index (χ1n) is 33.2. The van der Waals surface area contributed by atoms with E-state index in [2.05, 4.69) is 147 Å². The van der Waals surface area contributed by atoms with Crippen LogP contribution < -0.4 is 0 Å². The van der Waals surface area contributed by atoms with Gasteiger partial charge in [-0.05, 0) is 145 Å². The Kier molecular flexibility index (Phi) is 36.4. The van der Waals surface area contributed by atoms with Crippen LogP contribution in [0.15, 0.2) is 122 Å². The number of hydrogen-bond acceptors (Lipinski definition) is 20. The topological polar surface area (TPSA) is 287 Å². The molecule has 93 heavy (non-hydrogen) atoms. The van der Waals surface area contributed by atoms with E-state index in [4.69, 9.17) is 79.0 Å². The number of aliphatic hydroxyl groups is 6. The Morgan fingerprint density at radius 1 is 0.505 bits per heavy atom. The predicted octanol–water partition coefficient (Wildman–Crippen LogP) is 10.2. The predicted molar refractivity (Wildman–Crippen MR) is 353 cm³/mol. The van der Waals surface area contributed by atoms with Crippen LogP contribution in [0.25, 0.3) is 0 Å². The zero-order valence-corrected chi connectivity index (χ0v) is 56.7. The van der Waals surface area contributed by atoms with Gasteiger partial charge in [-0.3, -0.25) is 9.59 Å². The molecule has 21 heteroatoms. The first-order chi connectivity index (χ1) is 44.6. The van der Waals surface area contributed by atoms with Gasteiger partial charge in [0, 0.05) is 12.8 Å². The molecule has 0 unspecified atom stereocenters. The number of allylic oxidation sites excluding steroid dienone is 20. The van der Waals surface area contributed by atoms with Crippen molar-refractivity contribution in [2.75, 3.05) is 39.6 Å². The van der Waals surface area contributed by atoms with Crippen molar-refractivity contribution < 1.29 is 104 Å². The van der Waals surface area contributed by atoms with Crippen LogP contribution in [-0.2, 0) is 66.4 Å². The van der Waals surface area contributed by atoms with Crippen LogP contribution in [0.5, 0.6) is 0 Å². The highest BCUT2D eigenvalue weighted by atomic mass is 16.9. The van der Waals surface area contributed by atoms with E-state index in [0.717, 1.165) is 89.9 Å². The fourth-order valence-corrected chi connectivity index (χ4v) is 10.7. The van der Waals surface area contributed by atoms with Crippen molar-refractivity contribution in [3.8, 4) is 12.8 Å². The quantitative estimate of drug-likeness (QED) is 0.0152. The van der Waals surface area contributed by atoms with Gasteiger partial charge in [-0.1, -0.05) is 135 Å². The van der Waals surface area contributed by atoms with Gasteiger partial charge in [0.25, 0.3) is 0 Å². The lowest BCUT2D eigenvalue weighted by molar-refractivity contribution is -0.331. The molecule has 0 radical (unpaired) electrons. The van der Waals surface area contributed by atoms with Gasteiger partial charge >= 0.3 is 11.9 Å². The Labute approximate surface area is 554 Å². The SMILES string of the molecule is CC/C=C\C/C=C\C/C=C\C/C=C\C/C=C\CCCC(=O)O.CC/C=C\C/C=C\C/C=C\C/C=C\C/C=C\CCCC(=O)OC[C@@]12OC[C@H]3OC(C)(C)O[C@H]3[C@@H]1OC(C)(C)O2.CC1(C)O[C@@H]2[C@@H](CO[C@@]3(CO)OC(C)(C)O[C@@H]23)O1.OC[C@@]1(O)OC[C@@H](O)[C@@H](O)[C@@H]1O.[2H]C#C. The van der Waals surface area contributed by atoms with Gasteiger partial charge in [-0.25, -0.2) is 0 Å². The number of rotatable bonds is 30. The van der Waals surface area contributed by atoms with Crippen molar-refractivity contribution in [3.63, 3.8) is 0 Å². The lowest BCUT2D eigenvalue weighted by atomic mass is 9.97. The third kappa shape index (κ3) is 29.2. The van der Waals surface area contributed by atoms with E-state index in [1.807, 2.05) is 41.5 Å². The number of ether oxygens (including phenoxy) is 12. The molecule has 0 bridgehead atoms. The second kappa shape index (κ2) is 42.0. The molecule has 7 aliphatic rings. The summed E-state index contributed by atoms with van der Waals surface area (Å²) in [5.74, 6) is -8.60. The molecular weight excluding hydrogens is 1200 g/mol. The Bertz CT molecular complexity index is 2540. The molecular formula is C72H112O21. The fourth-order valence-electron chi connectivity index (χ4n) is 10.7. The van der Waals surface area contributed by atoms with Gasteiger partial charge in [-0.2, -0.15) is 0 Å². The normalized spacial score (nSPS) is 31.4. The van der Waals surface area contributed by atoms with E-state index in [-0.39, 0.29) is 63.2 Å². The van der Waals surface area contributed by atoms with Crippen LogP contribution in [0, 0.1) is 12.8 Å². The molecule has 0 amide bonds. The van der Waals surface area contributed by atoms with Crippen LogP contribution in [-0.4, -0.2) is 183 Å². The highest BCUT2D eigenvalue weighted by Crippen LogP contribution is 2.49. The molecule has 526 valence electrons. The summed E-state index contributed by atoms with van der Waals surface area (Å²) in [6.07, 6.45) is 56.2. The Hall–Kier alpha value is -4.78. The summed E-state index contributed by atoms with van der Waals surface area (Å²) in [4.78, 5) is 22.8. The summed E-state index contributed by atoms with van der Waals surface area (Å²) in [5.41, 5.74) is 0. The van der Waals surface area contributed by atoms with Crippen LogP contribution >= 0.6 is 0 Å². The summed E-state index contributed by atoms with van der Waals surface area (Å²) in [6.45, 7) is 18.1.